The van der Waals surface area contributed by atoms with Gasteiger partial charge in [-0.3, -0.25) is 9.59 Å². The molecule has 1 aromatic carbocycles. The zero-order chi connectivity index (χ0) is 17.5. The second kappa shape index (κ2) is 8.63. The number of hydrogen-bond donors (Lipinski definition) is 2. The molecule has 0 unspecified atom stereocenters. The summed E-state index contributed by atoms with van der Waals surface area (Å²) in [6.45, 7) is 1.28. The molecule has 0 aromatic heterocycles. The van der Waals surface area contributed by atoms with Gasteiger partial charge in [0.05, 0.1) is 12.2 Å². The van der Waals surface area contributed by atoms with Crippen molar-refractivity contribution in [1.82, 2.24) is 10.2 Å². The summed E-state index contributed by atoms with van der Waals surface area (Å²) >= 11 is 0. The molecule has 24 heavy (non-hydrogen) atoms. The number of carbonyl (C=O) groups excluding carboxylic acids is 2. The fourth-order valence-electron chi connectivity index (χ4n) is 2.83. The lowest BCUT2D eigenvalue weighted by molar-refractivity contribution is -0.126. The Bertz CT molecular complexity index is 594. The number of nitrogens with two attached hydrogens (primary N) is 1. The Morgan fingerprint density at radius 3 is 2.92 bits per heavy atom. The smallest absolute Gasteiger partial charge is 0.258 e. The van der Waals surface area contributed by atoms with Gasteiger partial charge >= 0.3 is 0 Å². The number of rotatable bonds is 6. The van der Waals surface area contributed by atoms with Gasteiger partial charge in [0.15, 0.2) is 0 Å². The van der Waals surface area contributed by atoms with E-state index in [0.717, 1.165) is 18.9 Å². The summed E-state index contributed by atoms with van der Waals surface area (Å²) in [4.78, 5) is 26.5. The lowest BCUT2D eigenvalue weighted by Gasteiger charge is -2.34. The molecule has 1 saturated heterocycles. The number of benzene rings is 1. The molecule has 132 valence electrons. The van der Waals surface area contributed by atoms with Gasteiger partial charge in [-0.05, 0) is 50.4 Å². The number of likely N-dealkylation sites (tertiary alicyclic amines) is 1. The third kappa shape index (κ3) is 4.23. The first-order valence-electron chi connectivity index (χ1n) is 8.23. The summed E-state index contributed by atoms with van der Waals surface area (Å²) in [6.07, 6.45) is 2.93. The predicted octanol–water partition coefficient (Wildman–Crippen LogP) is 1.29. The van der Waals surface area contributed by atoms with Gasteiger partial charge in [-0.2, -0.15) is 0 Å². The molecule has 0 radical (unpaired) electrons. The van der Waals surface area contributed by atoms with Gasteiger partial charge in [-0.15, -0.1) is 0 Å². The highest BCUT2D eigenvalue weighted by Gasteiger charge is 2.33. The van der Waals surface area contributed by atoms with Crippen LogP contribution in [0.4, 0.5) is 4.39 Å². The molecule has 3 N–H and O–H groups in total. The van der Waals surface area contributed by atoms with Crippen molar-refractivity contribution in [3.63, 3.8) is 0 Å². The topological polar surface area (TPSA) is 84.7 Å². The Balaban J connectivity index is 2.26. The molecule has 0 aliphatic carbocycles. The Hall–Kier alpha value is -2.15. The minimum absolute atomic E-state index is 0.142. The molecule has 1 fully saturated rings. The maximum Gasteiger partial charge on any atom is 0.258 e. The highest BCUT2D eigenvalue weighted by molar-refractivity contribution is 5.99. The van der Waals surface area contributed by atoms with Crippen LogP contribution in [0.15, 0.2) is 18.2 Å². The maximum atomic E-state index is 13.7. The Kier molecular flexibility index (Phi) is 6.54. The first kappa shape index (κ1) is 18.2. The number of nitrogens with one attached hydrogen (secondary N) is 1. The van der Waals surface area contributed by atoms with Gasteiger partial charge < -0.3 is 20.7 Å². The number of piperidine rings is 1. The average Bonchev–Trinajstić information content (AvgIpc) is 2.61. The van der Waals surface area contributed by atoms with Crippen LogP contribution in [0.1, 0.15) is 36.0 Å². The van der Waals surface area contributed by atoms with Crippen molar-refractivity contribution in [2.45, 2.75) is 31.7 Å². The van der Waals surface area contributed by atoms with E-state index in [9.17, 15) is 14.0 Å². The van der Waals surface area contributed by atoms with E-state index in [1.165, 1.54) is 17.0 Å². The molecular weight excluding hydrogens is 313 g/mol. The van der Waals surface area contributed by atoms with E-state index in [0.29, 0.717) is 38.3 Å². The first-order chi connectivity index (χ1) is 11.6. The number of likely N-dealkylation sites (N-methyl/N-ethyl adjacent to an activating group) is 1. The van der Waals surface area contributed by atoms with Crippen LogP contribution in [-0.2, 0) is 4.79 Å². The van der Waals surface area contributed by atoms with Crippen molar-refractivity contribution in [3.05, 3.63) is 29.6 Å². The molecule has 1 aliphatic rings. The van der Waals surface area contributed by atoms with Crippen LogP contribution in [0.25, 0.3) is 0 Å². The summed E-state index contributed by atoms with van der Waals surface area (Å²) in [6, 6.07) is 3.32. The number of hydrogen-bond acceptors (Lipinski definition) is 4. The highest BCUT2D eigenvalue weighted by atomic mass is 19.1. The molecule has 2 rings (SSSR count). The number of ether oxygens (including phenoxy) is 1. The normalized spacial score (nSPS) is 17.5. The molecule has 1 atom stereocenters. The molecule has 1 heterocycles. The van der Waals surface area contributed by atoms with Gasteiger partial charge in [0.1, 0.15) is 17.6 Å². The van der Waals surface area contributed by atoms with Gasteiger partial charge in [0, 0.05) is 13.6 Å². The van der Waals surface area contributed by atoms with Crippen molar-refractivity contribution in [1.29, 1.82) is 0 Å². The number of carbonyl (C=O) groups is 2. The van der Waals surface area contributed by atoms with E-state index >= 15 is 0 Å². The molecule has 0 spiro atoms. The minimum Gasteiger partial charge on any atom is -0.493 e. The fourth-order valence-corrected chi connectivity index (χ4v) is 2.83. The van der Waals surface area contributed by atoms with Crippen LogP contribution in [0.2, 0.25) is 0 Å². The molecule has 6 nitrogen and oxygen atoms in total. The minimum atomic E-state index is -0.531. The quantitative estimate of drug-likeness (QED) is 0.766. The summed E-state index contributed by atoms with van der Waals surface area (Å²) < 4.78 is 19.2. The molecule has 0 saturated carbocycles. The third-order valence-corrected chi connectivity index (χ3v) is 4.09. The van der Waals surface area contributed by atoms with E-state index in [1.807, 2.05) is 0 Å². The van der Waals surface area contributed by atoms with Gasteiger partial charge in [-0.25, -0.2) is 4.39 Å². The van der Waals surface area contributed by atoms with Crippen LogP contribution >= 0.6 is 0 Å². The van der Waals surface area contributed by atoms with Crippen molar-refractivity contribution in [2.24, 2.45) is 5.73 Å². The van der Waals surface area contributed by atoms with Crippen LogP contribution < -0.4 is 15.8 Å². The van der Waals surface area contributed by atoms with E-state index in [1.54, 1.807) is 7.05 Å². The second-order valence-corrected chi connectivity index (χ2v) is 5.76. The van der Waals surface area contributed by atoms with E-state index in [4.69, 9.17) is 10.5 Å². The lowest BCUT2D eigenvalue weighted by atomic mass is 9.99. The van der Waals surface area contributed by atoms with Crippen LogP contribution in [0.3, 0.4) is 0 Å². The van der Waals surface area contributed by atoms with Gasteiger partial charge in [0.2, 0.25) is 5.91 Å². The van der Waals surface area contributed by atoms with E-state index < -0.39 is 11.9 Å². The van der Waals surface area contributed by atoms with Crippen molar-refractivity contribution >= 4 is 11.8 Å². The molecule has 7 heteroatoms. The largest absolute Gasteiger partial charge is 0.493 e. The van der Waals surface area contributed by atoms with Crippen molar-refractivity contribution in [2.75, 3.05) is 26.7 Å². The third-order valence-electron chi connectivity index (χ3n) is 4.09. The number of halogens is 1. The standard InChI is InChI=1S/C17H24FN3O3/c1-20-16(22)14-5-2-3-9-21(14)17(23)13-11-12(18)6-7-15(13)24-10-4-8-19/h6-7,11,14H,2-5,8-10,19H2,1H3,(H,20,22)/t14-/m1/s1. The van der Waals surface area contributed by atoms with Crippen molar-refractivity contribution < 1.29 is 18.7 Å². The second-order valence-electron chi connectivity index (χ2n) is 5.76. The molecule has 1 aliphatic heterocycles. The van der Waals surface area contributed by atoms with Gasteiger partial charge in [0.25, 0.3) is 5.91 Å². The Morgan fingerprint density at radius 1 is 1.42 bits per heavy atom. The first-order valence-corrected chi connectivity index (χ1v) is 8.23. The van der Waals surface area contributed by atoms with E-state index in [2.05, 4.69) is 5.32 Å². The molecule has 0 bridgehead atoms. The molecule has 2 amide bonds. The lowest BCUT2D eigenvalue weighted by Crippen LogP contribution is -2.51. The van der Waals surface area contributed by atoms with Crippen LogP contribution in [-0.4, -0.2) is 49.5 Å². The number of amides is 2. The van der Waals surface area contributed by atoms with E-state index in [-0.39, 0.29) is 17.4 Å². The average molecular weight is 337 g/mol. The Morgan fingerprint density at radius 2 is 2.21 bits per heavy atom. The monoisotopic (exact) mass is 337 g/mol. The zero-order valence-electron chi connectivity index (χ0n) is 13.9. The summed E-state index contributed by atoms with van der Waals surface area (Å²) in [5, 5.41) is 2.59. The van der Waals surface area contributed by atoms with Crippen LogP contribution in [0, 0.1) is 5.82 Å². The molecule has 1 aromatic rings. The SMILES string of the molecule is CNC(=O)[C@H]1CCCCN1C(=O)c1cc(F)ccc1OCCCN. The predicted molar refractivity (Wildman–Crippen MR) is 88.3 cm³/mol. The fraction of sp³-hybridized carbons (Fsp3) is 0.529. The van der Waals surface area contributed by atoms with Crippen LogP contribution in [0.5, 0.6) is 5.75 Å². The zero-order valence-corrected chi connectivity index (χ0v) is 13.9. The summed E-state index contributed by atoms with van der Waals surface area (Å²) in [7, 11) is 1.54. The van der Waals surface area contributed by atoms with Crippen molar-refractivity contribution in [3.8, 4) is 5.75 Å². The Labute approximate surface area is 141 Å². The van der Waals surface area contributed by atoms with Gasteiger partial charge in [-0.1, -0.05) is 0 Å². The maximum absolute atomic E-state index is 13.7. The number of nitrogens with zero attached hydrogens (tertiary/aromatic N) is 1. The summed E-state index contributed by atoms with van der Waals surface area (Å²) in [5.74, 6) is -0.787. The highest BCUT2D eigenvalue weighted by Crippen LogP contribution is 2.26. The molecular formula is C17H24FN3O3. The summed E-state index contributed by atoms with van der Waals surface area (Å²) in [5.41, 5.74) is 5.58.